The maximum absolute atomic E-state index is 12.6. The van der Waals surface area contributed by atoms with E-state index in [2.05, 4.69) is 11.1 Å². The van der Waals surface area contributed by atoms with Crippen LogP contribution < -0.4 is 10.6 Å². The van der Waals surface area contributed by atoms with Gasteiger partial charge in [-0.15, -0.1) is 0 Å². The van der Waals surface area contributed by atoms with E-state index < -0.39 is 0 Å². The van der Waals surface area contributed by atoms with Gasteiger partial charge in [-0.1, -0.05) is 18.2 Å². The Labute approximate surface area is 123 Å². The quantitative estimate of drug-likeness (QED) is 0.868. The lowest BCUT2D eigenvalue weighted by molar-refractivity contribution is 0.0983. The van der Waals surface area contributed by atoms with Crippen LogP contribution in [0.1, 0.15) is 16.9 Å². The number of anilines is 1. The smallest absolute Gasteiger partial charge is 0.278 e. The largest absolute Gasteiger partial charge is 0.335 e. The summed E-state index contributed by atoms with van der Waals surface area (Å²) < 4.78 is 1.78. The van der Waals surface area contributed by atoms with Gasteiger partial charge in [0.1, 0.15) is 5.69 Å². The average molecular weight is 283 g/mol. The molecule has 1 aromatic carbocycles. The molecular formula is C15H17N5O. The number of para-hydroxylation sites is 1. The van der Waals surface area contributed by atoms with E-state index in [1.54, 1.807) is 22.0 Å². The fourth-order valence-corrected chi connectivity index (χ4v) is 2.00. The number of carbonyl (C=O) groups excluding carboxylic acids is 1. The topological polar surface area (TPSA) is 87.9 Å². The molecule has 0 aliphatic heterocycles. The SMILES string of the molecule is N#CCCN(C(=O)c1cn(CCN)cn1)c1ccccc1. The molecule has 108 valence electrons. The Morgan fingerprint density at radius 2 is 2.14 bits per heavy atom. The van der Waals surface area contributed by atoms with Crippen LogP contribution in [0.3, 0.4) is 0 Å². The first kappa shape index (κ1) is 14.8. The van der Waals surface area contributed by atoms with Crippen LogP contribution in [-0.4, -0.2) is 28.5 Å². The van der Waals surface area contributed by atoms with E-state index in [0.717, 1.165) is 5.69 Å². The zero-order valence-electron chi connectivity index (χ0n) is 11.6. The molecule has 6 nitrogen and oxygen atoms in total. The Morgan fingerprint density at radius 3 is 2.81 bits per heavy atom. The Hall–Kier alpha value is -2.65. The first-order valence-corrected chi connectivity index (χ1v) is 6.72. The number of rotatable bonds is 6. The van der Waals surface area contributed by atoms with Crippen LogP contribution in [0.2, 0.25) is 0 Å². The average Bonchev–Trinajstić information content (AvgIpc) is 2.97. The summed E-state index contributed by atoms with van der Waals surface area (Å²) in [7, 11) is 0. The molecule has 0 bridgehead atoms. The number of carbonyl (C=O) groups is 1. The van der Waals surface area contributed by atoms with Gasteiger partial charge < -0.3 is 15.2 Å². The minimum absolute atomic E-state index is 0.216. The van der Waals surface area contributed by atoms with Gasteiger partial charge in [0.15, 0.2) is 0 Å². The third kappa shape index (κ3) is 3.68. The van der Waals surface area contributed by atoms with Crippen molar-refractivity contribution in [3.63, 3.8) is 0 Å². The maximum atomic E-state index is 12.6. The summed E-state index contributed by atoms with van der Waals surface area (Å²) in [4.78, 5) is 18.3. The number of nitrogens with zero attached hydrogens (tertiary/aromatic N) is 4. The molecule has 2 aromatic rings. The molecule has 0 aliphatic rings. The summed E-state index contributed by atoms with van der Waals surface area (Å²) >= 11 is 0. The summed E-state index contributed by atoms with van der Waals surface area (Å²) in [6.45, 7) is 1.44. The van der Waals surface area contributed by atoms with Crippen LogP contribution >= 0.6 is 0 Å². The number of imidazole rings is 1. The van der Waals surface area contributed by atoms with Crippen molar-refractivity contribution in [3.05, 3.63) is 48.5 Å². The minimum Gasteiger partial charge on any atom is -0.335 e. The third-order valence-corrected chi connectivity index (χ3v) is 3.00. The highest BCUT2D eigenvalue weighted by Crippen LogP contribution is 2.16. The van der Waals surface area contributed by atoms with Gasteiger partial charge in [-0.25, -0.2) is 4.98 Å². The summed E-state index contributed by atoms with van der Waals surface area (Å²) in [6.07, 6.45) is 3.54. The first-order chi connectivity index (χ1) is 10.3. The molecule has 1 heterocycles. The Balaban J connectivity index is 2.23. The van der Waals surface area contributed by atoms with E-state index >= 15 is 0 Å². The van der Waals surface area contributed by atoms with Crippen LogP contribution in [0.5, 0.6) is 0 Å². The van der Waals surface area contributed by atoms with Gasteiger partial charge >= 0.3 is 0 Å². The van der Waals surface area contributed by atoms with Gasteiger partial charge in [-0.3, -0.25) is 4.79 Å². The van der Waals surface area contributed by atoms with E-state index in [0.29, 0.717) is 25.3 Å². The Morgan fingerprint density at radius 1 is 1.38 bits per heavy atom. The van der Waals surface area contributed by atoms with Crippen molar-refractivity contribution in [2.24, 2.45) is 5.73 Å². The van der Waals surface area contributed by atoms with Crippen molar-refractivity contribution in [2.75, 3.05) is 18.0 Å². The van der Waals surface area contributed by atoms with Crippen molar-refractivity contribution >= 4 is 11.6 Å². The van der Waals surface area contributed by atoms with Crippen LogP contribution in [0.15, 0.2) is 42.9 Å². The van der Waals surface area contributed by atoms with Gasteiger partial charge in [0.05, 0.1) is 18.8 Å². The molecule has 0 atom stereocenters. The molecule has 21 heavy (non-hydrogen) atoms. The second-order valence-corrected chi connectivity index (χ2v) is 4.49. The highest BCUT2D eigenvalue weighted by atomic mass is 16.2. The van der Waals surface area contributed by atoms with Gasteiger partial charge in [-0.05, 0) is 12.1 Å². The number of amides is 1. The molecule has 0 unspecified atom stereocenters. The van der Waals surface area contributed by atoms with Gasteiger partial charge in [0, 0.05) is 31.5 Å². The molecule has 0 radical (unpaired) electrons. The van der Waals surface area contributed by atoms with Crippen LogP contribution in [-0.2, 0) is 6.54 Å². The molecule has 2 N–H and O–H groups in total. The highest BCUT2D eigenvalue weighted by Gasteiger charge is 2.19. The number of hydrogen-bond donors (Lipinski definition) is 1. The molecule has 6 heteroatoms. The van der Waals surface area contributed by atoms with Crippen molar-refractivity contribution in [1.29, 1.82) is 5.26 Å². The molecular weight excluding hydrogens is 266 g/mol. The second-order valence-electron chi connectivity index (χ2n) is 4.49. The Bertz CT molecular complexity index is 629. The summed E-state index contributed by atoms with van der Waals surface area (Å²) in [5, 5.41) is 8.77. The van der Waals surface area contributed by atoms with E-state index in [1.165, 1.54) is 0 Å². The maximum Gasteiger partial charge on any atom is 0.278 e. The molecule has 2 rings (SSSR count). The van der Waals surface area contributed by atoms with E-state index in [1.807, 2.05) is 30.3 Å². The van der Waals surface area contributed by atoms with Crippen molar-refractivity contribution < 1.29 is 4.79 Å². The lowest BCUT2D eigenvalue weighted by Crippen LogP contribution is -2.32. The lowest BCUT2D eigenvalue weighted by Gasteiger charge is -2.20. The molecule has 1 amide bonds. The molecule has 0 spiro atoms. The fourth-order valence-electron chi connectivity index (χ4n) is 2.00. The number of nitrogens with two attached hydrogens (primary N) is 1. The summed E-state index contributed by atoms with van der Waals surface area (Å²) in [5.74, 6) is -0.216. The van der Waals surface area contributed by atoms with E-state index in [9.17, 15) is 4.79 Å². The predicted molar refractivity (Wildman–Crippen MR) is 79.6 cm³/mol. The second kappa shape index (κ2) is 7.22. The van der Waals surface area contributed by atoms with Crippen molar-refractivity contribution in [1.82, 2.24) is 9.55 Å². The number of hydrogen-bond acceptors (Lipinski definition) is 4. The molecule has 1 aromatic heterocycles. The van der Waals surface area contributed by atoms with Crippen molar-refractivity contribution in [2.45, 2.75) is 13.0 Å². The minimum atomic E-state index is -0.216. The molecule has 0 saturated heterocycles. The number of aromatic nitrogens is 2. The monoisotopic (exact) mass is 283 g/mol. The van der Waals surface area contributed by atoms with Gasteiger partial charge in [0.2, 0.25) is 0 Å². The zero-order valence-corrected chi connectivity index (χ0v) is 11.6. The van der Waals surface area contributed by atoms with Crippen LogP contribution in [0, 0.1) is 11.3 Å². The van der Waals surface area contributed by atoms with Gasteiger partial charge in [-0.2, -0.15) is 5.26 Å². The van der Waals surface area contributed by atoms with Crippen LogP contribution in [0.25, 0.3) is 0 Å². The van der Waals surface area contributed by atoms with Gasteiger partial charge in [0.25, 0.3) is 5.91 Å². The lowest BCUT2D eigenvalue weighted by atomic mass is 10.2. The molecule has 0 fully saturated rings. The molecule has 0 aliphatic carbocycles. The Kier molecular flexibility index (Phi) is 5.07. The number of nitriles is 1. The fraction of sp³-hybridized carbons (Fsp3) is 0.267. The third-order valence-electron chi connectivity index (χ3n) is 3.00. The normalized spacial score (nSPS) is 10.1. The van der Waals surface area contributed by atoms with E-state index in [4.69, 9.17) is 11.0 Å². The van der Waals surface area contributed by atoms with E-state index in [-0.39, 0.29) is 12.3 Å². The van der Waals surface area contributed by atoms with Crippen molar-refractivity contribution in [3.8, 4) is 6.07 Å². The number of benzene rings is 1. The first-order valence-electron chi connectivity index (χ1n) is 6.72. The van der Waals surface area contributed by atoms with Crippen LogP contribution in [0.4, 0.5) is 5.69 Å². The highest BCUT2D eigenvalue weighted by molar-refractivity contribution is 6.04. The predicted octanol–water partition coefficient (Wildman–Crippen LogP) is 1.40. The summed E-state index contributed by atoms with van der Waals surface area (Å²) in [6, 6.07) is 11.3. The zero-order chi connectivity index (χ0) is 15.1. The summed E-state index contributed by atoms with van der Waals surface area (Å²) in [5.41, 5.74) is 6.59. The molecule has 0 saturated carbocycles. The standard InChI is InChI=1S/C15H17N5O/c16-7-4-9-20(13-5-2-1-3-6-13)15(21)14-11-19(10-8-17)12-18-14/h1-3,5-6,11-12H,4,8-10,17H2.